The minimum Gasteiger partial charge on any atom is -0.330 e. The van der Waals surface area contributed by atoms with Gasteiger partial charge in [0.2, 0.25) is 0 Å². The van der Waals surface area contributed by atoms with Crippen LogP contribution in [0.5, 0.6) is 0 Å². The second-order valence-electron chi connectivity index (χ2n) is 10.2. The number of carbonyl (C=O) groups excluding carboxylic acids is 2. The Morgan fingerprint density at radius 2 is 1.60 bits per heavy atom. The van der Waals surface area contributed by atoms with Gasteiger partial charge in [-0.05, 0) is 42.2 Å². The zero-order chi connectivity index (χ0) is 27.8. The molecule has 0 spiro atoms. The van der Waals surface area contributed by atoms with Crippen molar-refractivity contribution in [3.8, 4) is 0 Å². The van der Waals surface area contributed by atoms with E-state index in [1.165, 1.54) is 10.5 Å². The second kappa shape index (κ2) is 10.3. The Labute approximate surface area is 232 Å². The maximum absolute atomic E-state index is 13.7. The van der Waals surface area contributed by atoms with Crippen LogP contribution in [0.3, 0.4) is 0 Å². The van der Waals surface area contributed by atoms with E-state index in [1.54, 1.807) is 31.1 Å². The van der Waals surface area contributed by atoms with E-state index >= 15 is 0 Å². The molecule has 0 aliphatic carbocycles. The number of nitrogens with zero attached hydrogens (tertiary/aromatic N) is 5. The number of aryl methyl sites for hydroxylation is 1. The van der Waals surface area contributed by atoms with Crippen LogP contribution in [-0.2, 0) is 13.0 Å². The molecular weight excluding hydrogens is 498 g/mol. The molecule has 0 saturated carbocycles. The number of hydrogen-bond acceptors (Lipinski definition) is 4. The van der Waals surface area contributed by atoms with Crippen molar-refractivity contribution in [2.45, 2.75) is 19.9 Å². The summed E-state index contributed by atoms with van der Waals surface area (Å²) >= 11 is 0. The molecule has 3 aromatic heterocycles. The Morgan fingerprint density at radius 3 is 2.35 bits per heavy atom. The van der Waals surface area contributed by atoms with Crippen molar-refractivity contribution in [2.24, 2.45) is 0 Å². The van der Waals surface area contributed by atoms with E-state index in [4.69, 9.17) is 0 Å². The smallest absolute Gasteiger partial charge is 0.328 e. The lowest BCUT2D eigenvalue weighted by Gasteiger charge is -2.12. The fourth-order valence-electron chi connectivity index (χ4n) is 5.16. The van der Waals surface area contributed by atoms with E-state index in [9.17, 15) is 9.59 Å². The van der Waals surface area contributed by atoms with Gasteiger partial charge in [0, 0.05) is 49.5 Å². The van der Waals surface area contributed by atoms with Gasteiger partial charge >= 0.3 is 6.03 Å². The quantitative estimate of drug-likeness (QED) is 0.246. The summed E-state index contributed by atoms with van der Waals surface area (Å²) in [7, 11) is 3.42. The fourth-order valence-corrected chi connectivity index (χ4v) is 5.16. The molecule has 0 N–H and O–H groups in total. The van der Waals surface area contributed by atoms with Crippen LogP contribution in [0.2, 0.25) is 0 Å². The van der Waals surface area contributed by atoms with Gasteiger partial charge in [-0.25, -0.2) is 9.78 Å². The predicted octanol–water partition coefficient (Wildman–Crippen LogP) is 6.09. The number of ketones is 1. The first-order valence-corrected chi connectivity index (χ1v) is 13.2. The van der Waals surface area contributed by atoms with E-state index in [2.05, 4.69) is 26.7 Å². The number of hydrogen-bond donors (Lipinski definition) is 0. The third kappa shape index (κ3) is 4.66. The molecule has 0 fully saturated rings. The number of imidazole rings is 1. The highest BCUT2D eigenvalue weighted by atomic mass is 16.2. The summed E-state index contributed by atoms with van der Waals surface area (Å²) in [4.78, 5) is 37.2. The molecule has 198 valence electrons. The Kier molecular flexibility index (Phi) is 6.48. The Morgan fingerprint density at radius 1 is 0.850 bits per heavy atom. The molecule has 3 heterocycles. The van der Waals surface area contributed by atoms with Crippen molar-refractivity contribution in [1.82, 2.24) is 24.0 Å². The van der Waals surface area contributed by atoms with E-state index in [0.29, 0.717) is 17.7 Å². The first-order valence-electron chi connectivity index (χ1n) is 13.2. The molecule has 7 nitrogen and oxygen atoms in total. The minimum absolute atomic E-state index is 0.119. The van der Waals surface area contributed by atoms with Gasteiger partial charge in [-0.15, -0.1) is 0 Å². The van der Waals surface area contributed by atoms with Crippen LogP contribution < -0.4 is 0 Å². The minimum atomic E-state index is -0.200. The Balaban J connectivity index is 1.32. The molecule has 1 amide bonds. The third-order valence-electron chi connectivity index (χ3n) is 7.25. The molecule has 0 aliphatic rings. The summed E-state index contributed by atoms with van der Waals surface area (Å²) in [5, 5.41) is 0.758. The van der Waals surface area contributed by atoms with Crippen LogP contribution in [0.15, 0.2) is 97.5 Å². The maximum Gasteiger partial charge on any atom is 0.328 e. The Bertz CT molecular complexity index is 1860. The first-order chi connectivity index (χ1) is 19.4. The van der Waals surface area contributed by atoms with Gasteiger partial charge in [0.25, 0.3) is 0 Å². The molecule has 0 saturated heterocycles. The Hall–Kier alpha value is -5.04. The number of pyridine rings is 1. The van der Waals surface area contributed by atoms with Gasteiger partial charge in [0.1, 0.15) is 5.82 Å². The SMILES string of the molecule is Cc1nc2ccncc2n1Cc1ccc(C(=O)c2cn(C(=O)N(C)C)c3cc(Cc4ccccc4)ccc23)cc1. The normalized spacial score (nSPS) is 11.3. The van der Waals surface area contributed by atoms with E-state index in [1.807, 2.05) is 79.9 Å². The highest BCUT2D eigenvalue weighted by molar-refractivity contribution is 6.17. The van der Waals surface area contributed by atoms with Crippen molar-refractivity contribution in [3.63, 3.8) is 0 Å². The highest BCUT2D eigenvalue weighted by Crippen LogP contribution is 2.27. The van der Waals surface area contributed by atoms with Gasteiger partial charge in [0.15, 0.2) is 5.78 Å². The van der Waals surface area contributed by atoms with Gasteiger partial charge < -0.3 is 9.47 Å². The molecule has 0 radical (unpaired) electrons. The van der Waals surface area contributed by atoms with E-state index < -0.39 is 0 Å². The molecule has 6 rings (SSSR count). The lowest BCUT2D eigenvalue weighted by Crippen LogP contribution is -2.26. The molecular formula is C33H29N5O2. The molecule has 0 bridgehead atoms. The van der Waals surface area contributed by atoms with E-state index in [0.717, 1.165) is 45.3 Å². The summed E-state index contributed by atoms with van der Waals surface area (Å²) in [6, 6.07) is 25.5. The molecule has 3 aromatic carbocycles. The van der Waals surface area contributed by atoms with E-state index in [-0.39, 0.29) is 11.8 Å². The number of fused-ring (bicyclic) bond motifs is 2. The second-order valence-corrected chi connectivity index (χ2v) is 10.2. The third-order valence-corrected chi connectivity index (χ3v) is 7.25. The average molecular weight is 528 g/mol. The average Bonchev–Trinajstić information content (AvgIpc) is 3.50. The van der Waals surface area contributed by atoms with Crippen LogP contribution in [0.1, 0.15) is 38.4 Å². The zero-order valence-electron chi connectivity index (χ0n) is 22.7. The van der Waals surface area contributed by atoms with Crippen LogP contribution in [0.25, 0.3) is 21.9 Å². The van der Waals surface area contributed by atoms with Gasteiger partial charge in [0.05, 0.1) is 22.7 Å². The van der Waals surface area contributed by atoms with Crippen LogP contribution >= 0.6 is 0 Å². The predicted molar refractivity (Wildman–Crippen MR) is 157 cm³/mol. The molecule has 6 aromatic rings. The highest BCUT2D eigenvalue weighted by Gasteiger charge is 2.21. The molecule has 0 aliphatic heterocycles. The number of carbonyl (C=O) groups is 2. The summed E-state index contributed by atoms with van der Waals surface area (Å²) < 4.78 is 3.69. The first kappa shape index (κ1) is 25.2. The van der Waals surface area contributed by atoms with Crippen LogP contribution in [0.4, 0.5) is 4.79 Å². The largest absolute Gasteiger partial charge is 0.330 e. The number of aromatic nitrogens is 4. The molecule has 40 heavy (non-hydrogen) atoms. The van der Waals surface area contributed by atoms with Crippen molar-refractivity contribution < 1.29 is 9.59 Å². The number of benzene rings is 3. The van der Waals surface area contributed by atoms with Crippen molar-refractivity contribution >= 4 is 33.8 Å². The topological polar surface area (TPSA) is 73.0 Å². The van der Waals surface area contributed by atoms with Gasteiger partial charge in [-0.3, -0.25) is 14.3 Å². The molecule has 0 atom stereocenters. The number of amides is 1. The summed E-state index contributed by atoms with van der Waals surface area (Å²) in [6.45, 7) is 2.61. The summed E-state index contributed by atoms with van der Waals surface area (Å²) in [5.74, 6) is 0.791. The van der Waals surface area contributed by atoms with Crippen LogP contribution in [0, 0.1) is 6.92 Å². The van der Waals surface area contributed by atoms with Crippen molar-refractivity contribution in [3.05, 3.63) is 131 Å². The summed E-state index contributed by atoms with van der Waals surface area (Å²) in [6.07, 6.45) is 5.98. The lowest BCUT2D eigenvalue weighted by atomic mass is 9.99. The monoisotopic (exact) mass is 527 g/mol. The van der Waals surface area contributed by atoms with Gasteiger partial charge in [-0.1, -0.05) is 66.7 Å². The molecule has 0 unspecified atom stereocenters. The summed E-state index contributed by atoms with van der Waals surface area (Å²) in [5.41, 5.74) is 7.01. The van der Waals surface area contributed by atoms with Crippen molar-refractivity contribution in [1.29, 1.82) is 0 Å². The maximum atomic E-state index is 13.7. The zero-order valence-corrected chi connectivity index (χ0v) is 22.7. The standard InChI is InChI=1S/C33H29N5O2/c1-22-35-29-15-16-34-19-31(29)37(22)20-24-9-12-26(13-10-24)32(39)28-21-38(33(40)36(2)3)30-18-25(11-14-27(28)30)17-23-7-5-4-6-8-23/h4-16,18-19,21H,17,20H2,1-3H3. The van der Waals surface area contributed by atoms with Crippen LogP contribution in [-0.4, -0.2) is 49.9 Å². The lowest BCUT2D eigenvalue weighted by molar-refractivity contribution is 0.104. The number of rotatable bonds is 6. The van der Waals surface area contributed by atoms with Crippen molar-refractivity contribution in [2.75, 3.05) is 14.1 Å². The van der Waals surface area contributed by atoms with Gasteiger partial charge in [-0.2, -0.15) is 0 Å². The molecule has 7 heteroatoms. The fraction of sp³-hybridized carbons (Fsp3) is 0.152.